The fourth-order valence-corrected chi connectivity index (χ4v) is 8.00. The molecule has 0 spiro atoms. The van der Waals surface area contributed by atoms with Crippen LogP contribution in [-0.2, 0) is 47.4 Å². The van der Waals surface area contributed by atoms with Gasteiger partial charge in [0.2, 0.25) is 11.7 Å². The zero-order valence-corrected chi connectivity index (χ0v) is 27.3. The second-order valence-electron chi connectivity index (χ2n) is 13.2. The highest BCUT2D eigenvalue weighted by atomic mass is 16.8. The van der Waals surface area contributed by atoms with Crippen molar-refractivity contribution in [3.63, 3.8) is 0 Å². The predicted octanol–water partition coefficient (Wildman–Crippen LogP) is 4.24. The summed E-state index contributed by atoms with van der Waals surface area (Å²) in [6.45, 7) is -0.0350. The summed E-state index contributed by atoms with van der Waals surface area (Å²) in [6, 6.07) is 33.2. The van der Waals surface area contributed by atoms with Gasteiger partial charge in [-0.25, -0.2) is 0 Å². The first-order chi connectivity index (χ1) is 24.4. The molecule has 50 heavy (non-hydrogen) atoms. The molecule has 0 unspecified atom stereocenters. The molecule has 256 valence electrons. The molecular weight excluding hydrogens is 636 g/mol. The Balaban J connectivity index is 1.13. The Morgan fingerprint density at radius 1 is 0.900 bits per heavy atom. The summed E-state index contributed by atoms with van der Waals surface area (Å²) >= 11 is 0. The third-order valence-corrected chi connectivity index (χ3v) is 10.2. The molecule has 3 saturated heterocycles. The average molecular weight is 675 g/mol. The van der Waals surface area contributed by atoms with Crippen molar-refractivity contribution in [2.75, 3.05) is 13.2 Å². The van der Waals surface area contributed by atoms with Crippen LogP contribution in [0.5, 0.6) is 5.75 Å². The Bertz CT molecular complexity index is 1860. The minimum Gasteiger partial charge on any atom is -0.508 e. The smallest absolute Gasteiger partial charge is 0.327 e. The van der Waals surface area contributed by atoms with Gasteiger partial charge in [-0.05, 0) is 29.2 Å². The summed E-state index contributed by atoms with van der Waals surface area (Å²) in [5, 5.41) is 24.1. The van der Waals surface area contributed by atoms with Crippen molar-refractivity contribution in [3.8, 4) is 5.75 Å². The minimum absolute atomic E-state index is 0.0261. The number of allylic oxidation sites excluding steroid dienone is 1. The number of aliphatic hydroxyl groups is 1. The van der Waals surface area contributed by atoms with Crippen molar-refractivity contribution in [1.29, 1.82) is 0 Å². The van der Waals surface area contributed by atoms with Crippen LogP contribution in [0.2, 0.25) is 0 Å². The number of phenols is 1. The van der Waals surface area contributed by atoms with E-state index in [-0.39, 0.29) is 31.9 Å². The van der Waals surface area contributed by atoms with Crippen LogP contribution in [0.3, 0.4) is 0 Å². The van der Waals surface area contributed by atoms with Crippen molar-refractivity contribution in [1.82, 2.24) is 10.4 Å². The molecule has 3 N–H and O–H groups in total. The number of amides is 1. The lowest BCUT2D eigenvalue weighted by molar-refractivity contribution is -0.213. The van der Waals surface area contributed by atoms with E-state index in [0.29, 0.717) is 6.42 Å². The molecule has 4 aromatic carbocycles. The summed E-state index contributed by atoms with van der Waals surface area (Å²) in [7, 11) is 0. The van der Waals surface area contributed by atoms with Gasteiger partial charge < -0.3 is 29.7 Å². The number of fused-ring (bicyclic) bond motifs is 4. The Morgan fingerprint density at radius 3 is 2.32 bits per heavy atom. The highest BCUT2D eigenvalue weighted by Gasteiger charge is 2.76. The Labute approximate surface area is 289 Å². The van der Waals surface area contributed by atoms with Crippen molar-refractivity contribution in [2.24, 2.45) is 5.41 Å². The first-order valence-corrected chi connectivity index (χ1v) is 16.9. The first-order valence-electron chi connectivity index (χ1n) is 16.9. The van der Waals surface area contributed by atoms with Gasteiger partial charge in [-0.2, -0.15) is 5.06 Å². The summed E-state index contributed by atoms with van der Waals surface area (Å²) in [5.74, 6) is -2.06. The maximum absolute atomic E-state index is 14.2. The number of rotatable bonds is 10. The van der Waals surface area contributed by atoms with Gasteiger partial charge in [0.1, 0.15) is 35.6 Å². The zero-order chi connectivity index (χ0) is 34.3. The maximum Gasteiger partial charge on any atom is 0.327 e. The second-order valence-corrected chi connectivity index (χ2v) is 13.2. The number of aromatic hydroxyl groups is 1. The number of hydrogen-bond donors (Lipinski definition) is 3. The van der Waals surface area contributed by atoms with Crippen LogP contribution < -0.4 is 5.32 Å². The summed E-state index contributed by atoms with van der Waals surface area (Å²) in [6.07, 6.45) is 1.53. The molecule has 4 fully saturated rings. The SMILES string of the molecule is O=C1O[C@@H]2C[C@@]3(C(=O)NCCO)[C@H](ON(Cc4cccc(C=CCc5ccccc5O)c4)[C@@H]13)[C@H]1OC(c3ccccc3)(c3ccccc3)O[C@H]12. The molecule has 4 aromatic rings. The molecule has 0 radical (unpaired) electrons. The summed E-state index contributed by atoms with van der Waals surface area (Å²) in [5.41, 5.74) is 2.78. The molecule has 0 aromatic heterocycles. The number of carbonyl (C=O) groups excluding carboxylic acids is 2. The number of aliphatic hydroxyl groups excluding tert-OH is 1. The topological polar surface area (TPSA) is 127 Å². The summed E-state index contributed by atoms with van der Waals surface area (Å²) in [4.78, 5) is 34.9. The molecule has 10 nitrogen and oxygen atoms in total. The molecule has 4 aliphatic rings. The van der Waals surface area contributed by atoms with Gasteiger partial charge in [0.15, 0.2) is 6.04 Å². The van der Waals surface area contributed by atoms with Crippen molar-refractivity contribution < 1.29 is 38.9 Å². The van der Waals surface area contributed by atoms with Crippen molar-refractivity contribution >= 4 is 18.0 Å². The van der Waals surface area contributed by atoms with Gasteiger partial charge in [-0.1, -0.05) is 115 Å². The van der Waals surface area contributed by atoms with Crippen LogP contribution >= 0.6 is 0 Å². The van der Waals surface area contributed by atoms with Gasteiger partial charge in [0, 0.05) is 24.1 Å². The number of carbonyl (C=O) groups is 2. The molecule has 3 heterocycles. The molecule has 10 heteroatoms. The van der Waals surface area contributed by atoms with Gasteiger partial charge in [-0.3, -0.25) is 14.4 Å². The zero-order valence-electron chi connectivity index (χ0n) is 27.3. The highest BCUT2D eigenvalue weighted by molar-refractivity contribution is 5.93. The van der Waals surface area contributed by atoms with E-state index in [1.54, 1.807) is 17.2 Å². The van der Waals surface area contributed by atoms with Gasteiger partial charge >= 0.3 is 5.97 Å². The number of benzene rings is 4. The number of ether oxygens (including phenoxy) is 3. The van der Waals surface area contributed by atoms with E-state index in [9.17, 15) is 19.8 Å². The third-order valence-electron chi connectivity index (χ3n) is 10.2. The quantitative estimate of drug-likeness (QED) is 0.212. The summed E-state index contributed by atoms with van der Waals surface area (Å²) < 4.78 is 20.0. The van der Waals surface area contributed by atoms with E-state index < -0.39 is 53.5 Å². The number of nitrogens with one attached hydrogen (secondary N) is 1. The van der Waals surface area contributed by atoms with Crippen LogP contribution in [0, 0.1) is 5.41 Å². The van der Waals surface area contributed by atoms with E-state index in [1.807, 2.05) is 109 Å². The molecule has 6 atom stereocenters. The normalized spacial score (nSPS) is 27.9. The van der Waals surface area contributed by atoms with Gasteiger partial charge in [-0.15, -0.1) is 0 Å². The van der Waals surface area contributed by atoms with Crippen LogP contribution in [-0.4, -0.2) is 70.8 Å². The van der Waals surface area contributed by atoms with E-state index in [1.165, 1.54) is 0 Å². The predicted molar refractivity (Wildman–Crippen MR) is 182 cm³/mol. The number of nitrogens with zero attached hydrogens (tertiary/aromatic N) is 1. The van der Waals surface area contributed by atoms with E-state index >= 15 is 0 Å². The fraction of sp³-hybridized carbons (Fsp3) is 0.300. The lowest BCUT2D eigenvalue weighted by Crippen LogP contribution is -2.69. The average Bonchev–Trinajstić information content (AvgIpc) is 3.72. The molecule has 8 rings (SSSR count). The lowest BCUT2D eigenvalue weighted by Gasteiger charge is -2.48. The molecule has 1 aliphatic carbocycles. The van der Waals surface area contributed by atoms with Crippen LogP contribution in [0.15, 0.2) is 115 Å². The lowest BCUT2D eigenvalue weighted by atomic mass is 9.62. The van der Waals surface area contributed by atoms with E-state index in [0.717, 1.165) is 27.8 Å². The Kier molecular flexibility index (Phi) is 8.50. The van der Waals surface area contributed by atoms with Crippen LogP contribution in [0.25, 0.3) is 6.08 Å². The molecular formula is C40H38N2O8. The monoisotopic (exact) mass is 674 g/mol. The largest absolute Gasteiger partial charge is 0.508 e. The fourth-order valence-electron chi connectivity index (χ4n) is 8.00. The molecule has 1 saturated carbocycles. The minimum atomic E-state index is -1.36. The Morgan fingerprint density at radius 2 is 1.60 bits per heavy atom. The molecule has 2 bridgehead atoms. The maximum atomic E-state index is 14.2. The van der Waals surface area contributed by atoms with Crippen LogP contribution in [0.1, 0.15) is 34.2 Å². The van der Waals surface area contributed by atoms with E-state index in [2.05, 4.69) is 5.32 Å². The van der Waals surface area contributed by atoms with Gasteiger partial charge in [0.25, 0.3) is 0 Å². The number of esters is 1. The first kappa shape index (κ1) is 32.4. The number of hydroxylamine groups is 2. The van der Waals surface area contributed by atoms with Crippen molar-refractivity contribution in [3.05, 3.63) is 143 Å². The van der Waals surface area contributed by atoms with Gasteiger partial charge in [0.05, 0.1) is 13.2 Å². The van der Waals surface area contributed by atoms with E-state index in [4.69, 9.17) is 19.0 Å². The number of hydrogen-bond acceptors (Lipinski definition) is 9. The van der Waals surface area contributed by atoms with Crippen molar-refractivity contribution in [2.45, 2.75) is 55.6 Å². The number of phenolic OH excluding ortho intramolecular Hbond substituents is 1. The van der Waals surface area contributed by atoms with Crippen LogP contribution in [0.4, 0.5) is 0 Å². The molecule has 3 aliphatic heterocycles. The standard InChI is InChI=1S/C40H38N2O8/c43-22-21-41-38(46)39-24-32-33-34(49-40(48-33,29-16-3-1-4-17-29)30-18-5-2-6-19-30)36(39)50-42(35(39)37(45)47-32)25-27-13-9-11-26(23-27)12-10-15-28-14-7-8-20-31(28)44/h1-14,16-20,23,32-36,43-44H,15,21-22,24-25H2,(H,41,46)/t32-,33+,34+,35+,36-,39+/m1/s1. The third kappa shape index (κ3) is 5.40. The molecule has 1 amide bonds. The number of para-hydroxylation sites is 1. The highest BCUT2D eigenvalue weighted by Crippen LogP contribution is 2.59. The second kappa shape index (κ2) is 13.1. The Hall–Kier alpha value is -4.84.